The van der Waals surface area contributed by atoms with Crippen molar-refractivity contribution in [3.8, 4) is 11.5 Å². The summed E-state index contributed by atoms with van der Waals surface area (Å²) in [4.78, 5) is 25.3. The third-order valence-electron chi connectivity index (χ3n) is 3.88. The zero-order chi connectivity index (χ0) is 19.4. The SMILES string of the molecule is Cc1cc(C)c(C(=O)c2ccccc2)c(OP(=O)([O-])Oc2ccccc2)c1.[Na+]. The Hall–Kier alpha value is -1.88. The first-order valence-electron chi connectivity index (χ1n) is 8.32. The van der Waals surface area contributed by atoms with E-state index in [9.17, 15) is 14.3 Å². The smallest absolute Gasteiger partial charge is 0.736 e. The zero-order valence-corrected chi connectivity index (χ0v) is 18.8. The summed E-state index contributed by atoms with van der Waals surface area (Å²) in [7, 11) is -4.74. The third kappa shape index (κ3) is 5.57. The normalized spacial score (nSPS) is 12.4. The van der Waals surface area contributed by atoms with Crippen LogP contribution in [0.5, 0.6) is 11.5 Å². The Balaban J connectivity index is 0.00000280. The van der Waals surface area contributed by atoms with Gasteiger partial charge in [-0.2, -0.15) is 0 Å². The fourth-order valence-corrected chi connectivity index (χ4v) is 3.58. The number of rotatable bonds is 6. The van der Waals surface area contributed by atoms with Crippen LogP contribution in [0.1, 0.15) is 27.0 Å². The van der Waals surface area contributed by atoms with Crippen LogP contribution in [0.15, 0.2) is 72.8 Å². The summed E-state index contributed by atoms with van der Waals surface area (Å²) in [6, 6.07) is 20.0. The summed E-state index contributed by atoms with van der Waals surface area (Å²) in [5.41, 5.74) is 2.03. The molecule has 0 aromatic heterocycles. The van der Waals surface area contributed by atoms with Crippen molar-refractivity contribution in [3.05, 3.63) is 95.1 Å². The van der Waals surface area contributed by atoms with Gasteiger partial charge in [-0.3, -0.25) is 4.79 Å². The molecule has 3 rings (SSSR count). The molecule has 0 aliphatic rings. The molecule has 138 valence electrons. The van der Waals surface area contributed by atoms with Crippen LogP contribution in [0.4, 0.5) is 0 Å². The number of hydrogen-bond donors (Lipinski definition) is 0. The quantitative estimate of drug-likeness (QED) is 0.353. The van der Waals surface area contributed by atoms with Gasteiger partial charge in [-0.1, -0.05) is 54.6 Å². The van der Waals surface area contributed by atoms with Crippen molar-refractivity contribution in [2.75, 3.05) is 0 Å². The molecule has 0 spiro atoms. The van der Waals surface area contributed by atoms with Crippen LogP contribution in [0, 0.1) is 13.8 Å². The first-order chi connectivity index (χ1) is 12.9. The van der Waals surface area contributed by atoms with E-state index in [1.165, 1.54) is 18.2 Å². The molecule has 0 radical (unpaired) electrons. The number of carbonyl (C=O) groups is 1. The van der Waals surface area contributed by atoms with Gasteiger partial charge in [-0.25, -0.2) is 4.57 Å². The van der Waals surface area contributed by atoms with Gasteiger partial charge >= 0.3 is 37.4 Å². The van der Waals surface area contributed by atoms with Gasteiger partial charge in [-0.15, -0.1) is 0 Å². The molecule has 7 heteroatoms. The minimum Gasteiger partial charge on any atom is -0.736 e. The molecule has 0 N–H and O–H groups in total. The molecule has 0 amide bonds. The van der Waals surface area contributed by atoms with Crippen molar-refractivity contribution in [1.29, 1.82) is 0 Å². The topological polar surface area (TPSA) is 75.7 Å². The summed E-state index contributed by atoms with van der Waals surface area (Å²) < 4.78 is 22.6. The first kappa shape index (κ1) is 22.4. The first-order valence-corrected chi connectivity index (χ1v) is 9.78. The van der Waals surface area contributed by atoms with Gasteiger partial charge < -0.3 is 13.9 Å². The Kier molecular flexibility index (Phi) is 7.64. The minimum absolute atomic E-state index is 0. The van der Waals surface area contributed by atoms with Crippen molar-refractivity contribution in [3.63, 3.8) is 0 Å². The predicted molar refractivity (Wildman–Crippen MR) is 101 cm³/mol. The third-order valence-corrected chi connectivity index (χ3v) is 4.73. The molecule has 0 heterocycles. The van der Waals surface area contributed by atoms with E-state index >= 15 is 0 Å². The Labute approximate surface area is 186 Å². The van der Waals surface area contributed by atoms with E-state index in [0.717, 1.165) is 5.56 Å². The molecule has 0 aliphatic heterocycles. The molecule has 0 aliphatic carbocycles. The van der Waals surface area contributed by atoms with Gasteiger partial charge in [0.15, 0.2) is 5.78 Å². The number of ketones is 1. The van der Waals surface area contributed by atoms with Crippen molar-refractivity contribution in [2.24, 2.45) is 0 Å². The molecule has 3 aromatic carbocycles. The van der Waals surface area contributed by atoms with Gasteiger partial charge in [-0.05, 0) is 43.2 Å². The molecule has 28 heavy (non-hydrogen) atoms. The fraction of sp³-hybridized carbons (Fsp3) is 0.0952. The van der Waals surface area contributed by atoms with Crippen LogP contribution in [0.3, 0.4) is 0 Å². The Morgan fingerprint density at radius 1 is 0.893 bits per heavy atom. The van der Waals surface area contributed by atoms with Crippen molar-refractivity contribution in [1.82, 2.24) is 0 Å². The average molecular weight is 404 g/mol. The van der Waals surface area contributed by atoms with Gasteiger partial charge in [0.05, 0.1) is 5.56 Å². The summed E-state index contributed by atoms with van der Waals surface area (Å²) in [5.74, 6) is -0.227. The summed E-state index contributed by atoms with van der Waals surface area (Å²) in [6.07, 6.45) is 0. The second-order valence-corrected chi connectivity index (χ2v) is 7.35. The monoisotopic (exact) mass is 404 g/mol. The molecule has 5 nitrogen and oxygen atoms in total. The van der Waals surface area contributed by atoms with Gasteiger partial charge in [0.2, 0.25) is 0 Å². The Morgan fingerprint density at radius 2 is 1.46 bits per heavy atom. The zero-order valence-electron chi connectivity index (χ0n) is 15.9. The number of phosphoric acid groups is 1. The van der Waals surface area contributed by atoms with Gasteiger partial charge in [0, 0.05) is 5.56 Å². The number of benzene rings is 3. The standard InChI is InChI=1S/C21H19O5P.Na/c1-15-13-16(2)20(21(22)17-9-5-3-6-10-17)19(14-15)26-27(23,24)25-18-11-7-4-8-12-18;/h3-14H,1-2H3,(H,23,24);/q;+1/p-1. The van der Waals surface area contributed by atoms with Crippen molar-refractivity contribution >= 4 is 13.6 Å². The fourth-order valence-electron chi connectivity index (χ4n) is 2.77. The summed E-state index contributed by atoms with van der Waals surface area (Å²) in [5, 5.41) is 0. The van der Waals surface area contributed by atoms with E-state index < -0.39 is 7.82 Å². The maximum absolute atomic E-state index is 12.9. The molecular weight excluding hydrogens is 386 g/mol. The summed E-state index contributed by atoms with van der Waals surface area (Å²) in [6.45, 7) is 3.54. The maximum atomic E-state index is 12.9. The second kappa shape index (κ2) is 9.55. The number of aryl methyl sites for hydroxylation is 2. The largest absolute Gasteiger partial charge is 1.00 e. The van der Waals surface area contributed by atoms with Crippen LogP contribution < -0.4 is 43.5 Å². The van der Waals surface area contributed by atoms with Crippen molar-refractivity contribution < 1.29 is 52.9 Å². The predicted octanol–water partition coefficient (Wildman–Crippen LogP) is 1.46. The van der Waals surface area contributed by atoms with E-state index in [2.05, 4.69) is 0 Å². The number of para-hydroxylation sites is 1. The molecule has 0 fully saturated rings. The molecular formula is C21H18NaO5P. The van der Waals surface area contributed by atoms with E-state index in [-0.39, 0.29) is 52.4 Å². The molecule has 1 atom stereocenters. The molecule has 0 saturated heterocycles. The Bertz CT molecular complexity index is 1010. The average Bonchev–Trinajstić information content (AvgIpc) is 2.61. The van der Waals surface area contributed by atoms with Crippen LogP contribution in [0.2, 0.25) is 0 Å². The van der Waals surface area contributed by atoms with Gasteiger partial charge in [0.1, 0.15) is 11.5 Å². The molecule has 3 aromatic rings. The van der Waals surface area contributed by atoms with Crippen LogP contribution in [0.25, 0.3) is 0 Å². The second-order valence-electron chi connectivity index (χ2n) is 6.09. The molecule has 1 unspecified atom stereocenters. The van der Waals surface area contributed by atoms with Crippen LogP contribution in [-0.2, 0) is 4.57 Å². The number of phosphoric ester groups is 1. The van der Waals surface area contributed by atoms with Crippen LogP contribution >= 0.6 is 7.82 Å². The van der Waals surface area contributed by atoms with E-state index in [4.69, 9.17) is 9.05 Å². The van der Waals surface area contributed by atoms with E-state index in [1.54, 1.807) is 68.4 Å². The summed E-state index contributed by atoms with van der Waals surface area (Å²) >= 11 is 0. The number of carbonyl (C=O) groups excluding carboxylic acids is 1. The van der Waals surface area contributed by atoms with Gasteiger partial charge in [0.25, 0.3) is 0 Å². The van der Waals surface area contributed by atoms with E-state index in [1.807, 2.05) is 0 Å². The Morgan fingerprint density at radius 3 is 2.07 bits per heavy atom. The molecule has 0 saturated carbocycles. The molecule has 0 bridgehead atoms. The minimum atomic E-state index is -4.74. The van der Waals surface area contributed by atoms with Crippen molar-refractivity contribution in [2.45, 2.75) is 13.8 Å². The number of hydrogen-bond acceptors (Lipinski definition) is 5. The van der Waals surface area contributed by atoms with E-state index in [0.29, 0.717) is 11.1 Å². The maximum Gasteiger partial charge on any atom is 1.00 e. The van der Waals surface area contributed by atoms with Crippen LogP contribution in [-0.4, -0.2) is 5.78 Å².